The van der Waals surface area contributed by atoms with Gasteiger partial charge in [0.05, 0.1) is 29.7 Å². The van der Waals surface area contributed by atoms with E-state index in [1.165, 1.54) is 0 Å². The van der Waals surface area contributed by atoms with Gasteiger partial charge in [-0.2, -0.15) is 0 Å². The van der Waals surface area contributed by atoms with Gasteiger partial charge in [0.15, 0.2) is 0 Å². The number of ether oxygens (including phenoxy) is 1. The van der Waals surface area contributed by atoms with Crippen LogP contribution in [-0.2, 0) is 4.74 Å². The van der Waals surface area contributed by atoms with Gasteiger partial charge in [0.2, 0.25) is 5.76 Å². The molecular weight excluding hydrogens is 334 g/mol. The van der Waals surface area contributed by atoms with Gasteiger partial charge in [-0.1, -0.05) is 5.16 Å². The van der Waals surface area contributed by atoms with Crippen LogP contribution in [0.2, 0.25) is 0 Å². The zero-order chi connectivity index (χ0) is 18.1. The molecule has 8 nitrogen and oxygen atoms in total. The summed E-state index contributed by atoms with van der Waals surface area (Å²) >= 11 is 0. The second-order valence-corrected chi connectivity index (χ2v) is 6.32. The topological polar surface area (TPSA) is 97.1 Å². The number of pyridine rings is 1. The minimum Gasteiger partial charge on any atom is -0.380 e. The Morgan fingerprint density at radius 1 is 1.42 bits per heavy atom. The number of rotatable bonds is 4. The molecule has 0 bridgehead atoms. The molecule has 1 aliphatic rings. The predicted molar refractivity (Wildman–Crippen MR) is 92.3 cm³/mol. The number of aromatic nitrogens is 4. The van der Waals surface area contributed by atoms with Crippen LogP contribution in [0.1, 0.15) is 34.5 Å². The first kappa shape index (κ1) is 16.5. The number of methoxy groups -OCH3 is 1. The summed E-state index contributed by atoms with van der Waals surface area (Å²) in [5.74, 6) is 0.728. The van der Waals surface area contributed by atoms with Crippen molar-refractivity contribution in [1.82, 2.24) is 25.0 Å². The zero-order valence-corrected chi connectivity index (χ0v) is 14.5. The van der Waals surface area contributed by atoms with E-state index in [0.29, 0.717) is 24.5 Å². The Balaban J connectivity index is 1.63. The van der Waals surface area contributed by atoms with Gasteiger partial charge in [0.25, 0.3) is 5.91 Å². The molecule has 0 spiro atoms. The third kappa shape index (κ3) is 2.99. The van der Waals surface area contributed by atoms with E-state index in [4.69, 9.17) is 9.26 Å². The van der Waals surface area contributed by atoms with Crippen molar-refractivity contribution < 1.29 is 14.1 Å². The fraction of sp³-hybridized carbons (Fsp3) is 0.333. The predicted octanol–water partition coefficient (Wildman–Crippen LogP) is 2.37. The number of nitrogens with zero attached hydrogens (tertiary/aromatic N) is 4. The molecule has 134 valence electrons. The van der Waals surface area contributed by atoms with Crippen molar-refractivity contribution in [2.75, 3.05) is 13.7 Å². The van der Waals surface area contributed by atoms with E-state index in [-0.39, 0.29) is 23.8 Å². The molecule has 0 saturated carbocycles. The highest BCUT2D eigenvalue weighted by atomic mass is 16.5. The van der Waals surface area contributed by atoms with Crippen LogP contribution in [-0.4, -0.2) is 50.7 Å². The number of likely N-dealkylation sites (tertiary alicyclic amines) is 1. The molecule has 0 unspecified atom stereocenters. The van der Waals surface area contributed by atoms with Crippen LogP contribution >= 0.6 is 0 Å². The van der Waals surface area contributed by atoms with Crippen LogP contribution in [0.5, 0.6) is 0 Å². The lowest BCUT2D eigenvalue weighted by Crippen LogP contribution is -2.32. The Morgan fingerprint density at radius 2 is 2.31 bits per heavy atom. The lowest BCUT2D eigenvalue weighted by atomic mass is 10.2. The monoisotopic (exact) mass is 353 g/mol. The van der Waals surface area contributed by atoms with Crippen LogP contribution in [0.15, 0.2) is 41.3 Å². The second kappa shape index (κ2) is 6.72. The summed E-state index contributed by atoms with van der Waals surface area (Å²) < 4.78 is 10.6. The van der Waals surface area contributed by atoms with Gasteiger partial charge in [-0.3, -0.25) is 9.78 Å². The van der Waals surface area contributed by atoms with E-state index in [1.54, 1.807) is 43.6 Å². The molecule has 0 aromatic carbocycles. The van der Waals surface area contributed by atoms with Gasteiger partial charge in [-0.05, 0) is 19.1 Å². The molecule has 8 heteroatoms. The fourth-order valence-electron chi connectivity index (χ4n) is 3.23. The number of aromatic amines is 1. The van der Waals surface area contributed by atoms with Gasteiger partial charge in [-0.25, -0.2) is 4.98 Å². The summed E-state index contributed by atoms with van der Waals surface area (Å²) in [4.78, 5) is 26.5. The van der Waals surface area contributed by atoms with E-state index >= 15 is 0 Å². The van der Waals surface area contributed by atoms with Crippen LogP contribution in [0.25, 0.3) is 11.3 Å². The maximum Gasteiger partial charge on any atom is 0.293 e. The van der Waals surface area contributed by atoms with Crippen LogP contribution in [0, 0.1) is 6.92 Å². The smallest absolute Gasteiger partial charge is 0.293 e. The molecule has 2 atom stereocenters. The van der Waals surface area contributed by atoms with Crippen LogP contribution in [0.4, 0.5) is 0 Å². The largest absolute Gasteiger partial charge is 0.380 e. The van der Waals surface area contributed by atoms with Gasteiger partial charge in [0.1, 0.15) is 5.82 Å². The number of amides is 1. The summed E-state index contributed by atoms with van der Waals surface area (Å²) in [5, 5.41) is 3.81. The molecule has 3 aromatic rings. The average molecular weight is 353 g/mol. The maximum absolute atomic E-state index is 12.9. The van der Waals surface area contributed by atoms with Crippen molar-refractivity contribution >= 4 is 5.91 Å². The lowest BCUT2D eigenvalue weighted by molar-refractivity contribution is 0.0645. The molecule has 1 aliphatic heterocycles. The number of carbonyl (C=O) groups is 1. The molecular formula is C18H19N5O3. The third-order valence-electron chi connectivity index (χ3n) is 4.58. The molecule has 26 heavy (non-hydrogen) atoms. The average Bonchev–Trinajstić information content (AvgIpc) is 3.40. The first-order chi connectivity index (χ1) is 12.7. The lowest BCUT2D eigenvalue weighted by Gasteiger charge is -2.21. The Labute approximate surface area is 150 Å². The van der Waals surface area contributed by atoms with Crippen LogP contribution in [0.3, 0.4) is 0 Å². The molecule has 1 N–H and O–H groups in total. The number of carbonyl (C=O) groups excluding carboxylic acids is 1. The van der Waals surface area contributed by atoms with E-state index < -0.39 is 0 Å². The van der Waals surface area contributed by atoms with Crippen molar-refractivity contribution in [3.8, 4) is 11.3 Å². The van der Waals surface area contributed by atoms with Gasteiger partial charge >= 0.3 is 0 Å². The molecule has 1 saturated heterocycles. The van der Waals surface area contributed by atoms with Crippen molar-refractivity contribution in [1.29, 1.82) is 0 Å². The number of aryl methyl sites for hydroxylation is 1. The van der Waals surface area contributed by atoms with Crippen molar-refractivity contribution in [3.63, 3.8) is 0 Å². The Morgan fingerprint density at radius 3 is 3.00 bits per heavy atom. The highest BCUT2D eigenvalue weighted by Gasteiger charge is 2.39. The molecule has 0 aliphatic carbocycles. The fourth-order valence-corrected chi connectivity index (χ4v) is 3.23. The summed E-state index contributed by atoms with van der Waals surface area (Å²) in [6.07, 6.45) is 5.85. The maximum atomic E-state index is 12.9. The van der Waals surface area contributed by atoms with Crippen molar-refractivity contribution in [2.45, 2.75) is 25.5 Å². The number of hydrogen-bond acceptors (Lipinski definition) is 6. The van der Waals surface area contributed by atoms with Gasteiger partial charge in [0, 0.05) is 44.1 Å². The van der Waals surface area contributed by atoms with E-state index in [0.717, 1.165) is 11.3 Å². The van der Waals surface area contributed by atoms with Crippen molar-refractivity contribution in [2.24, 2.45) is 0 Å². The molecule has 4 heterocycles. The normalized spacial score (nSPS) is 19.8. The highest BCUT2D eigenvalue weighted by Crippen LogP contribution is 2.34. The molecule has 1 amide bonds. The number of nitrogens with one attached hydrogen (secondary N) is 1. The zero-order valence-electron chi connectivity index (χ0n) is 14.5. The van der Waals surface area contributed by atoms with Gasteiger partial charge in [-0.15, -0.1) is 0 Å². The molecule has 4 rings (SSSR count). The summed E-state index contributed by atoms with van der Waals surface area (Å²) in [6.45, 7) is 2.26. The third-order valence-corrected chi connectivity index (χ3v) is 4.58. The first-order valence-electron chi connectivity index (χ1n) is 8.38. The Bertz CT molecular complexity index is 904. The van der Waals surface area contributed by atoms with E-state index in [2.05, 4.69) is 20.1 Å². The summed E-state index contributed by atoms with van der Waals surface area (Å²) in [7, 11) is 1.65. The van der Waals surface area contributed by atoms with E-state index in [9.17, 15) is 4.79 Å². The minimum atomic E-state index is -0.219. The SMILES string of the molecule is CO[C@@H]1C[C@@H](c2ncc(-c3cccnc3)[nH]2)N(C(=O)c2cc(C)no2)C1. The molecule has 3 aromatic heterocycles. The summed E-state index contributed by atoms with van der Waals surface area (Å²) in [6, 6.07) is 5.25. The van der Waals surface area contributed by atoms with E-state index in [1.807, 2.05) is 12.1 Å². The highest BCUT2D eigenvalue weighted by molar-refractivity contribution is 5.92. The van der Waals surface area contributed by atoms with Gasteiger partial charge < -0.3 is 19.1 Å². The number of H-pyrrole nitrogens is 1. The second-order valence-electron chi connectivity index (χ2n) is 6.32. The van der Waals surface area contributed by atoms with Crippen molar-refractivity contribution in [3.05, 3.63) is 54.1 Å². The first-order valence-corrected chi connectivity index (χ1v) is 8.38. The quantitative estimate of drug-likeness (QED) is 0.773. The summed E-state index contributed by atoms with van der Waals surface area (Å²) in [5.41, 5.74) is 2.47. The Hall–Kier alpha value is -3.00. The molecule has 0 radical (unpaired) electrons. The number of imidazole rings is 1. The Kier molecular flexibility index (Phi) is 4.26. The standard InChI is InChI=1S/C18H19N5O3/c1-11-6-16(26-22-11)18(24)23-10-13(25-2)7-15(23)17-20-9-14(21-17)12-4-3-5-19-8-12/h3-6,8-9,13,15H,7,10H2,1-2H3,(H,20,21)/t13-,15+/m1/s1. The van der Waals surface area contributed by atoms with Crippen LogP contribution < -0.4 is 0 Å². The minimum absolute atomic E-state index is 0.0556. The number of hydrogen-bond donors (Lipinski definition) is 1. The molecule has 1 fully saturated rings.